The van der Waals surface area contributed by atoms with Crippen LogP contribution in [-0.2, 0) is 0 Å². The Balaban J connectivity index is 1.40. The standard InChI is InChI=1S/C28H39FO/c1-17-11-13-27(3)20(15-17)7-8-21-22-9-10-24(28(22,4)14-12-23(21)27)26(30)19-6-5-18(2)25(29)16-19/h5-6,16-17,20-24H,7-15H2,1-4H3. The number of fused-ring (bicyclic) bond motifs is 5. The van der Waals surface area contributed by atoms with Gasteiger partial charge in [0.2, 0.25) is 0 Å². The van der Waals surface area contributed by atoms with Gasteiger partial charge < -0.3 is 0 Å². The fourth-order valence-electron chi connectivity index (χ4n) is 8.85. The minimum Gasteiger partial charge on any atom is -0.294 e. The molecule has 1 aromatic rings. The van der Waals surface area contributed by atoms with Gasteiger partial charge in [0.15, 0.2) is 5.78 Å². The topological polar surface area (TPSA) is 17.1 Å². The van der Waals surface area contributed by atoms with E-state index in [1.54, 1.807) is 13.0 Å². The number of carbonyl (C=O) groups excluding carboxylic acids is 1. The van der Waals surface area contributed by atoms with Crippen LogP contribution in [0.5, 0.6) is 0 Å². The molecule has 8 unspecified atom stereocenters. The van der Waals surface area contributed by atoms with Crippen LogP contribution >= 0.6 is 0 Å². The third-order valence-corrected chi connectivity index (χ3v) is 10.7. The first-order valence-electron chi connectivity index (χ1n) is 12.5. The first-order valence-corrected chi connectivity index (χ1v) is 12.5. The highest BCUT2D eigenvalue weighted by Gasteiger charge is 2.61. The fraction of sp³-hybridized carbons (Fsp3) is 0.750. The monoisotopic (exact) mass is 410 g/mol. The van der Waals surface area contributed by atoms with Gasteiger partial charge in [-0.1, -0.05) is 39.3 Å². The van der Waals surface area contributed by atoms with E-state index in [0.29, 0.717) is 22.5 Å². The van der Waals surface area contributed by atoms with Gasteiger partial charge in [0.25, 0.3) is 0 Å². The molecule has 2 heteroatoms. The second kappa shape index (κ2) is 7.17. The molecular formula is C28H39FO. The molecule has 164 valence electrons. The number of halogens is 1. The number of carbonyl (C=O) groups is 1. The molecule has 1 nitrogen and oxygen atoms in total. The van der Waals surface area contributed by atoms with Crippen LogP contribution in [-0.4, -0.2) is 5.78 Å². The van der Waals surface area contributed by atoms with Gasteiger partial charge in [0.1, 0.15) is 5.82 Å². The van der Waals surface area contributed by atoms with Gasteiger partial charge in [-0.15, -0.1) is 0 Å². The van der Waals surface area contributed by atoms with Gasteiger partial charge in [0, 0.05) is 11.5 Å². The predicted molar refractivity (Wildman–Crippen MR) is 120 cm³/mol. The van der Waals surface area contributed by atoms with Crippen molar-refractivity contribution in [2.24, 2.45) is 46.3 Å². The summed E-state index contributed by atoms with van der Waals surface area (Å²) < 4.78 is 14.2. The Kier molecular flexibility index (Phi) is 4.95. The lowest BCUT2D eigenvalue weighted by atomic mass is 9.44. The van der Waals surface area contributed by atoms with E-state index in [4.69, 9.17) is 0 Å². The van der Waals surface area contributed by atoms with Crippen LogP contribution in [0.25, 0.3) is 0 Å². The molecule has 0 N–H and O–H groups in total. The largest absolute Gasteiger partial charge is 0.294 e. The highest BCUT2D eigenvalue weighted by atomic mass is 19.1. The highest BCUT2D eigenvalue weighted by Crippen LogP contribution is 2.68. The van der Waals surface area contributed by atoms with Crippen molar-refractivity contribution >= 4 is 5.78 Å². The van der Waals surface area contributed by atoms with E-state index in [1.807, 2.05) is 6.07 Å². The molecule has 0 aliphatic heterocycles. The maximum Gasteiger partial charge on any atom is 0.166 e. The number of Topliss-reactive ketones (excluding diaryl/α,β-unsaturated/α-hetero) is 1. The Labute approximate surface area is 182 Å². The molecule has 4 fully saturated rings. The van der Waals surface area contributed by atoms with E-state index in [9.17, 15) is 9.18 Å². The summed E-state index contributed by atoms with van der Waals surface area (Å²) in [6, 6.07) is 5.09. The fourth-order valence-corrected chi connectivity index (χ4v) is 8.85. The van der Waals surface area contributed by atoms with Crippen molar-refractivity contribution in [3.63, 3.8) is 0 Å². The van der Waals surface area contributed by atoms with Gasteiger partial charge in [-0.2, -0.15) is 0 Å². The lowest BCUT2D eigenvalue weighted by Crippen LogP contribution is -2.53. The second-order valence-electron chi connectivity index (χ2n) is 12.0. The summed E-state index contributed by atoms with van der Waals surface area (Å²) in [5.74, 6) is 4.17. The first kappa shape index (κ1) is 20.7. The van der Waals surface area contributed by atoms with Crippen LogP contribution in [0.3, 0.4) is 0 Å². The Morgan fingerprint density at radius 1 is 0.967 bits per heavy atom. The van der Waals surface area contributed by atoms with Crippen molar-refractivity contribution in [1.29, 1.82) is 0 Å². The number of hydrogen-bond acceptors (Lipinski definition) is 1. The highest BCUT2D eigenvalue weighted by molar-refractivity contribution is 5.98. The van der Waals surface area contributed by atoms with Crippen LogP contribution < -0.4 is 0 Å². The molecule has 0 bridgehead atoms. The van der Waals surface area contributed by atoms with Crippen molar-refractivity contribution in [2.45, 2.75) is 85.5 Å². The molecule has 4 aliphatic carbocycles. The summed E-state index contributed by atoms with van der Waals surface area (Å²) in [5, 5.41) is 0. The van der Waals surface area contributed by atoms with Crippen LogP contribution in [0.1, 0.15) is 94.5 Å². The molecule has 0 amide bonds. The molecule has 30 heavy (non-hydrogen) atoms. The van der Waals surface area contributed by atoms with Gasteiger partial charge in [-0.3, -0.25) is 4.79 Å². The average Bonchev–Trinajstić information content (AvgIpc) is 3.07. The molecule has 4 aliphatic rings. The smallest absolute Gasteiger partial charge is 0.166 e. The van der Waals surface area contributed by atoms with Crippen molar-refractivity contribution in [3.8, 4) is 0 Å². The second-order valence-corrected chi connectivity index (χ2v) is 12.0. The summed E-state index contributed by atoms with van der Waals surface area (Å²) in [6.07, 6.45) is 11.7. The third kappa shape index (κ3) is 2.95. The van der Waals surface area contributed by atoms with Gasteiger partial charge in [-0.25, -0.2) is 4.39 Å². The number of aryl methyl sites for hydroxylation is 1. The van der Waals surface area contributed by atoms with E-state index >= 15 is 0 Å². The van der Waals surface area contributed by atoms with Crippen LogP contribution in [0.2, 0.25) is 0 Å². The number of hydrogen-bond donors (Lipinski definition) is 0. The lowest BCUT2D eigenvalue weighted by Gasteiger charge is -2.61. The maximum atomic E-state index is 14.2. The van der Waals surface area contributed by atoms with E-state index in [2.05, 4.69) is 20.8 Å². The molecule has 0 radical (unpaired) electrons. The molecule has 1 aromatic carbocycles. The van der Waals surface area contributed by atoms with Crippen molar-refractivity contribution in [1.82, 2.24) is 0 Å². The Morgan fingerprint density at radius 3 is 2.47 bits per heavy atom. The maximum absolute atomic E-state index is 14.2. The van der Waals surface area contributed by atoms with Gasteiger partial charge in [0.05, 0.1) is 0 Å². The normalized spacial score (nSPS) is 45.4. The SMILES string of the molecule is Cc1ccc(C(=O)C2CCC3C4CCC5CC(C)CCC5(C)C4CCC23C)cc1F. The van der Waals surface area contributed by atoms with Gasteiger partial charge >= 0.3 is 0 Å². The van der Waals surface area contributed by atoms with Gasteiger partial charge in [-0.05, 0) is 110 Å². The summed E-state index contributed by atoms with van der Waals surface area (Å²) in [7, 11) is 0. The summed E-state index contributed by atoms with van der Waals surface area (Å²) >= 11 is 0. The van der Waals surface area contributed by atoms with Crippen LogP contribution in [0, 0.1) is 59.1 Å². The molecule has 8 atom stereocenters. The van der Waals surface area contributed by atoms with E-state index in [0.717, 1.165) is 30.1 Å². The zero-order valence-electron chi connectivity index (χ0n) is 19.3. The number of ketones is 1. The van der Waals surface area contributed by atoms with E-state index in [-0.39, 0.29) is 22.9 Å². The minimum absolute atomic E-state index is 0.0717. The van der Waals surface area contributed by atoms with Crippen LogP contribution in [0.15, 0.2) is 18.2 Å². The molecular weight excluding hydrogens is 371 g/mol. The number of rotatable bonds is 2. The zero-order chi connectivity index (χ0) is 21.3. The molecule has 0 heterocycles. The van der Waals surface area contributed by atoms with Crippen molar-refractivity contribution in [3.05, 3.63) is 35.1 Å². The number of benzene rings is 1. The summed E-state index contributed by atoms with van der Waals surface area (Å²) in [4.78, 5) is 13.5. The van der Waals surface area contributed by atoms with Crippen molar-refractivity contribution < 1.29 is 9.18 Å². The molecule has 0 aromatic heterocycles. The molecule has 4 saturated carbocycles. The molecule has 0 saturated heterocycles. The zero-order valence-corrected chi connectivity index (χ0v) is 19.3. The average molecular weight is 411 g/mol. The Bertz CT molecular complexity index is 845. The summed E-state index contributed by atoms with van der Waals surface area (Å²) in [5.41, 5.74) is 1.84. The van der Waals surface area contributed by atoms with Crippen molar-refractivity contribution in [2.75, 3.05) is 0 Å². The minimum atomic E-state index is -0.248. The first-order chi connectivity index (χ1) is 14.2. The Morgan fingerprint density at radius 2 is 1.70 bits per heavy atom. The van der Waals surface area contributed by atoms with Crippen LogP contribution in [0.4, 0.5) is 4.39 Å². The van der Waals surface area contributed by atoms with E-state index < -0.39 is 0 Å². The third-order valence-electron chi connectivity index (χ3n) is 10.7. The lowest BCUT2D eigenvalue weighted by molar-refractivity contribution is -0.114. The Hall–Kier alpha value is -1.18. The quantitative estimate of drug-likeness (QED) is 0.458. The summed E-state index contributed by atoms with van der Waals surface area (Å²) in [6.45, 7) is 9.24. The predicted octanol–water partition coefficient (Wildman–Crippen LogP) is 7.61. The molecule has 0 spiro atoms. The molecule has 5 rings (SSSR count). The van der Waals surface area contributed by atoms with E-state index in [1.165, 1.54) is 57.4 Å².